The zero-order valence-corrected chi connectivity index (χ0v) is 24.1. The molecule has 9 aromatic rings. The number of aromatic nitrogens is 3. The van der Waals surface area contributed by atoms with Gasteiger partial charge in [-0.2, -0.15) is 0 Å². The van der Waals surface area contributed by atoms with Gasteiger partial charge in [-0.05, 0) is 67.1 Å². The summed E-state index contributed by atoms with van der Waals surface area (Å²) < 4.78 is 6.52. The molecule has 0 bridgehead atoms. The summed E-state index contributed by atoms with van der Waals surface area (Å²) in [5, 5.41) is 5.25. The molecule has 0 atom stereocenters. The van der Waals surface area contributed by atoms with Gasteiger partial charge in [0.25, 0.3) is 5.56 Å². The van der Waals surface area contributed by atoms with E-state index in [1.165, 1.54) is 16.3 Å². The van der Waals surface area contributed by atoms with Crippen molar-refractivity contribution in [1.82, 2.24) is 13.5 Å². The Balaban J connectivity index is 1.46. The first-order chi connectivity index (χ1) is 21.7. The summed E-state index contributed by atoms with van der Waals surface area (Å²) in [6.07, 6.45) is 0. The van der Waals surface area contributed by atoms with Crippen LogP contribution in [0.15, 0.2) is 150 Å². The van der Waals surface area contributed by atoms with Crippen LogP contribution in [-0.2, 0) is 0 Å². The average molecular weight is 566 g/mol. The highest BCUT2D eigenvalue weighted by atomic mass is 16.1. The third-order valence-electron chi connectivity index (χ3n) is 8.87. The molecule has 0 unspecified atom stereocenters. The Morgan fingerprint density at radius 1 is 0.455 bits per heavy atom. The van der Waals surface area contributed by atoms with Gasteiger partial charge in [0.15, 0.2) is 0 Å². The van der Waals surface area contributed by atoms with Crippen LogP contribution in [0.1, 0.15) is 5.56 Å². The maximum absolute atomic E-state index is 14.3. The van der Waals surface area contributed by atoms with Gasteiger partial charge >= 0.3 is 0 Å². The van der Waals surface area contributed by atoms with Gasteiger partial charge in [-0.1, -0.05) is 96.6 Å². The Morgan fingerprint density at radius 3 is 1.80 bits per heavy atom. The Bertz CT molecular complexity index is 2620. The molecule has 0 fully saturated rings. The molecule has 44 heavy (non-hydrogen) atoms. The van der Waals surface area contributed by atoms with Gasteiger partial charge in [-0.15, -0.1) is 0 Å². The fourth-order valence-electron chi connectivity index (χ4n) is 7.00. The highest BCUT2D eigenvalue weighted by Crippen LogP contribution is 2.40. The largest absolute Gasteiger partial charge is 0.309 e. The topological polar surface area (TPSA) is 31.3 Å². The second-order valence-corrected chi connectivity index (χ2v) is 11.5. The number of benzene rings is 6. The summed E-state index contributed by atoms with van der Waals surface area (Å²) in [5.74, 6) is 0. The van der Waals surface area contributed by atoms with Crippen molar-refractivity contribution < 1.29 is 0 Å². The smallest absolute Gasteiger partial charge is 0.266 e. The summed E-state index contributed by atoms with van der Waals surface area (Å²) in [6.45, 7) is 2.04. The van der Waals surface area contributed by atoms with Crippen LogP contribution in [0.5, 0.6) is 0 Å². The van der Waals surface area contributed by atoms with Crippen molar-refractivity contribution in [3.05, 3.63) is 162 Å². The van der Waals surface area contributed by atoms with Crippen LogP contribution in [0.2, 0.25) is 0 Å². The number of fused-ring (bicyclic) bond motifs is 8. The Kier molecular flexibility index (Phi) is 5.23. The molecule has 208 valence electrons. The van der Waals surface area contributed by atoms with Gasteiger partial charge in [0.05, 0.1) is 33.3 Å². The first-order valence-corrected chi connectivity index (χ1v) is 14.9. The highest BCUT2D eigenvalue weighted by Gasteiger charge is 2.22. The molecule has 3 heterocycles. The minimum atomic E-state index is -0.0152. The fraction of sp³-hybridized carbons (Fsp3) is 0.0250. The summed E-state index contributed by atoms with van der Waals surface area (Å²) >= 11 is 0. The summed E-state index contributed by atoms with van der Waals surface area (Å²) in [4.78, 5) is 14.3. The first-order valence-electron chi connectivity index (χ1n) is 14.9. The van der Waals surface area contributed by atoms with Gasteiger partial charge in [0.1, 0.15) is 5.65 Å². The van der Waals surface area contributed by atoms with Gasteiger partial charge in [-0.3, -0.25) is 13.8 Å². The number of nitrogens with zero attached hydrogens (tertiary/aromatic N) is 3. The molecule has 0 saturated carbocycles. The number of para-hydroxylation sites is 3. The quantitative estimate of drug-likeness (QED) is 0.210. The lowest BCUT2D eigenvalue weighted by Gasteiger charge is -2.15. The van der Waals surface area contributed by atoms with Crippen molar-refractivity contribution in [1.29, 1.82) is 0 Å². The zero-order valence-electron chi connectivity index (χ0n) is 24.1. The molecule has 0 aliphatic heterocycles. The normalized spacial score (nSPS) is 11.8. The molecular weight excluding hydrogens is 538 g/mol. The van der Waals surface area contributed by atoms with Crippen molar-refractivity contribution in [3.63, 3.8) is 0 Å². The predicted octanol–water partition coefficient (Wildman–Crippen LogP) is 9.47. The third kappa shape index (κ3) is 3.42. The number of rotatable bonds is 3. The number of hydrogen-bond acceptors (Lipinski definition) is 1. The minimum absolute atomic E-state index is 0.0152. The van der Waals surface area contributed by atoms with E-state index in [1.807, 2.05) is 47.9 Å². The van der Waals surface area contributed by atoms with E-state index in [0.29, 0.717) is 5.39 Å². The van der Waals surface area contributed by atoms with E-state index < -0.39 is 0 Å². The molecule has 9 rings (SSSR count). The molecule has 3 aromatic heterocycles. The third-order valence-corrected chi connectivity index (χ3v) is 8.87. The Labute approximate surface area is 253 Å². The molecular formula is C40H27N3O. The summed E-state index contributed by atoms with van der Waals surface area (Å²) in [7, 11) is 0. The fourth-order valence-corrected chi connectivity index (χ4v) is 7.00. The molecule has 0 aliphatic carbocycles. The van der Waals surface area contributed by atoms with Crippen LogP contribution in [-0.4, -0.2) is 13.5 Å². The van der Waals surface area contributed by atoms with Crippen molar-refractivity contribution >= 4 is 49.1 Å². The van der Waals surface area contributed by atoms with E-state index in [0.717, 1.165) is 55.6 Å². The zero-order chi connectivity index (χ0) is 29.4. The van der Waals surface area contributed by atoms with E-state index in [1.54, 1.807) is 0 Å². The van der Waals surface area contributed by atoms with E-state index in [2.05, 4.69) is 118 Å². The van der Waals surface area contributed by atoms with Crippen LogP contribution < -0.4 is 5.56 Å². The van der Waals surface area contributed by atoms with Gasteiger partial charge < -0.3 is 4.57 Å². The summed E-state index contributed by atoms with van der Waals surface area (Å²) in [5.41, 5.74) is 9.32. The maximum Gasteiger partial charge on any atom is 0.266 e. The first kappa shape index (κ1) is 24.7. The average Bonchev–Trinajstić information content (AvgIpc) is 3.59. The molecule has 0 radical (unpaired) electrons. The molecule has 0 saturated heterocycles. The minimum Gasteiger partial charge on any atom is -0.309 e. The number of aryl methyl sites for hydroxylation is 1. The SMILES string of the molecule is Cc1ccc2c(c1)c(=O)n(-c1ccccc1)c1c3ccccc3c(-c3ccc4c(c3)c3ccccc3n4-c3ccccc3)n21. The molecule has 0 spiro atoms. The van der Waals surface area contributed by atoms with Gasteiger partial charge in [0, 0.05) is 27.2 Å². The van der Waals surface area contributed by atoms with Crippen LogP contribution >= 0.6 is 0 Å². The standard InChI is InChI=1S/C40H27N3O/c1-26-20-22-37-34(24-26)40(44)42(29-14-6-3-7-15-29)39-32-18-9-8-17-31(32)38(43(37)39)27-21-23-36-33(25-27)30-16-10-11-19-35(30)41(36)28-12-4-2-5-13-28/h2-25H,1H3. The van der Waals surface area contributed by atoms with Gasteiger partial charge in [0.2, 0.25) is 0 Å². The molecule has 0 amide bonds. The van der Waals surface area contributed by atoms with E-state index in [9.17, 15) is 4.79 Å². The lowest BCUT2D eigenvalue weighted by atomic mass is 10.0. The van der Waals surface area contributed by atoms with Crippen molar-refractivity contribution in [3.8, 4) is 22.6 Å². The monoisotopic (exact) mass is 565 g/mol. The molecule has 0 N–H and O–H groups in total. The maximum atomic E-state index is 14.3. The number of hydrogen-bond donors (Lipinski definition) is 0. The molecule has 4 nitrogen and oxygen atoms in total. The van der Waals surface area contributed by atoms with E-state index >= 15 is 0 Å². The van der Waals surface area contributed by atoms with Gasteiger partial charge in [-0.25, -0.2) is 0 Å². The van der Waals surface area contributed by atoms with Crippen LogP contribution in [0.25, 0.3) is 71.8 Å². The lowest BCUT2D eigenvalue weighted by Crippen LogP contribution is -2.21. The van der Waals surface area contributed by atoms with Crippen LogP contribution in [0.3, 0.4) is 0 Å². The van der Waals surface area contributed by atoms with Crippen LogP contribution in [0.4, 0.5) is 0 Å². The molecule has 0 aliphatic rings. The van der Waals surface area contributed by atoms with Crippen molar-refractivity contribution in [2.75, 3.05) is 0 Å². The second-order valence-electron chi connectivity index (χ2n) is 11.5. The highest BCUT2D eigenvalue weighted by molar-refractivity contribution is 6.13. The van der Waals surface area contributed by atoms with Crippen molar-refractivity contribution in [2.45, 2.75) is 6.92 Å². The predicted molar refractivity (Wildman–Crippen MR) is 183 cm³/mol. The Hall–Kier alpha value is -5.87. The molecule has 6 aromatic carbocycles. The van der Waals surface area contributed by atoms with E-state index in [4.69, 9.17) is 0 Å². The van der Waals surface area contributed by atoms with Crippen LogP contribution in [0, 0.1) is 6.92 Å². The van der Waals surface area contributed by atoms with Crippen molar-refractivity contribution in [2.24, 2.45) is 0 Å². The second kappa shape index (κ2) is 9.32. The lowest BCUT2D eigenvalue weighted by molar-refractivity contribution is 1.01. The summed E-state index contributed by atoms with van der Waals surface area (Å²) in [6, 6.07) is 50.6. The Morgan fingerprint density at radius 2 is 1.05 bits per heavy atom. The molecule has 4 heteroatoms. The van der Waals surface area contributed by atoms with E-state index in [-0.39, 0.29) is 5.56 Å².